The maximum Gasteiger partial charge on any atom is 0.251 e. The minimum Gasteiger partial charge on any atom is -0.497 e. The van der Waals surface area contributed by atoms with Crippen LogP contribution in [0.15, 0.2) is 77.9 Å². The summed E-state index contributed by atoms with van der Waals surface area (Å²) >= 11 is 0. The Hall–Kier alpha value is -3.60. The van der Waals surface area contributed by atoms with Crippen molar-refractivity contribution in [3.63, 3.8) is 0 Å². The number of methoxy groups -OCH3 is 1. The van der Waals surface area contributed by atoms with Gasteiger partial charge in [0.1, 0.15) is 11.5 Å². The molecule has 0 aliphatic carbocycles. The zero-order valence-electron chi connectivity index (χ0n) is 16.9. The first kappa shape index (κ1) is 18.4. The van der Waals surface area contributed by atoms with Crippen LogP contribution in [0.2, 0.25) is 0 Å². The number of hydrazone groups is 1. The van der Waals surface area contributed by atoms with Gasteiger partial charge in [-0.15, -0.1) is 0 Å². The molecule has 0 saturated carbocycles. The fraction of sp³-hybridized carbons (Fsp3) is 0.200. The van der Waals surface area contributed by atoms with Gasteiger partial charge >= 0.3 is 0 Å². The molecule has 150 valence electrons. The van der Waals surface area contributed by atoms with E-state index in [0.29, 0.717) is 12.0 Å². The van der Waals surface area contributed by atoms with Crippen LogP contribution in [-0.2, 0) is 0 Å². The van der Waals surface area contributed by atoms with Gasteiger partial charge in [-0.2, -0.15) is 5.10 Å². The van der Waals surface area contributed by atoms with Gasteiger partial charge in [0.2, 0.25) is 5.78 Å². The summed E-state index contributed by atoms with van der Waals surface area (Å²) in [6, 6.07) is 23.3. The summed E-state index contributed by atoms with van der Waals surface area (Å²) in [6.07, 6.45) is -0.0759. The SMILES string of the molecule is COc1ccc(C2=NN3[C@H](C(=O)c4ccc(C)cc4)Oc4ccccc4[C@@H]3C2)cc1. The molecule has 0 radical (unpaired) electrons. The lowest BCUT2D eigenvalue weighted by atomic mass is 9.95. The van der Waals surface area contributed by atoms with E-state index in [4.69, 9.17) is 14.6 Å². The molecular formula is C25H22N2O3. The quantitative estimate of drug-likeness (QED) is 0.595. The molecule has 0 spiro atoms. The number of carbonyl (C=O) groups excluding carboxylic acids is 1. The molecule has 5 rings (SSSR count). The van der Waals surface area contributed by atoms with Crippen molar-refractivity contribution in [1.29, 1.82) is 0 Å². The Morgan fingerprint density at radius 2 is 1.77 bits per heavy atom. The summed E-state index contributed by atoms with van der Waals surface area (Å²) in [5.74, 6) is 1.46. The van der Waals surface area contributed by atoms with Crippen LogP contribution in [0.1, 0.15) is 39.5 Å². The summed E-state index contributed by atoms with van der Waals surface area (Å²) < 4.78 is 11.4. The average Bonchev–Trinajstić information content (AvgIpc) is 3.24. The van der Waals surface area contributed by atoms with Crippen LogP contribution in [0.4, 0.5) is 0 Å². The molecule has 5 heteroatoms. The van der Waals surface area contributed by atoms with Crippen LogP contribution in [-0.4, -0.2) is 29.8 Å². The van der Waals surface area contributed by atoms with Crippen molar-refractivity contribution in [2.45, 2.75) is 25.6 Å². The summed E-state index contributed by atoms with van der Waals surface area (Å²) in [6.45, 7) is 2.00. The van der Waals surface area contributed by atoms with E-state index in [9.17, 15) is 4.79 Å². The molecule has 3 aromatic rings. The second-order valence-corrected chi connectivity index (χ2v) is 7.61. The number of fused-ring (bicyclic) bond motifs is 3. The zero-order valence-corrected chi connectivity index (χ0v) is 16.9. The molecule has 0 N–H and O–H groups in total. The lowest BCUT2D eigenvalue weighted by molar-refractivity contribution is -0.00455. The third-order valence-corrected chi connectivity index (χ3v) is 5.68. The number of ether oxygens (including phenoxy) is 2. The summed E-state index contributed by atoms with van der Waals surface area (Å²) in [4.78, 5) is 13.3. The minimum atomic E-state index is -0.789. The summed E-state index contributed by atoms with van der Waals surface area (Å²) in [5.41, 5.74) is 4.74. The normalized spacial score (nSPS) is 19.4. The molecular weight excluding hydrogens is 376 g/mol. The fourth-order valence-corrected chi connectivity index (χ4v) is 4.03. The molecule has 0 saturated heterocycles. The molecule has 0 aromatic heterocycles. The second-order valence-electron chi connectivity index (χ2n) is 7.61. The first-order valence-electron chi connectivity index (χ1n) is 10.0. The third-order valence-electron chi connectivity index (χ3n) is 5.68. The number of hydrogen-bond donors (Lipinski definition) is 0. The zero-order chi connectivity index (χ0) is 20.7. The van der Waals surface area contributed by atoms with Gasteiger partial charge in [-0.1, -0.05) is 48.0 Å². The molecule has 2 aliphatic rings. The second kappa shape index (κ2) is 7.34. The average molecular weight is 398 g/mol. The van der Waals surface area contributed by atoms with E-state index in [1.165, 1.54) is 0 Å². The maximum atomic E-state index is 13.3. The van der Waals surface area contributed by atoms with Crippen LogP contribution < -0.4 is 9.47 Å². The van der Waals surface area contributed by atoms with Crippen LogP contribution in [0.5, 0.6) is 11.5 Å². The van der Waals surface area contributed by atoms with Gasteiger partial charge in [-0.3, -0.25) is 4.79 Å². The fourth-order valence-electron chi connectivity index (χ4n) is 4.03. The number of ketones is 1. The molecule has 0 fully saturated rings. The van der Waals surface area contributed by atoms with Crippen LogP contribution in [0.25, 0.3) is 0 Å². The molecule has 0 amide bonds. The Kier molecular flexibility index (Phi) is 4.51. The van der Waals surface area contributed by atoms with Gasteiger partial charge < -0.3 is 9.47 Å². The van der Waals surface area contributed by atoms with E-state index in [2.05, 4.69) is 0 Å². The van der Waals surface area contributed by atoms with E-state index in [1.54, 1.807) is 7.11 Å². The smallest absolute Gasteiger partial charge is 0.251 e. The predicted molar refractivity (Wildman–Crippen MR) is 115 cm³/mol. The topological polar surface area (TPSA) is 51.1 Å². The number of hydrogen-bond acceptors (Lipinski definition) is 5. The summed E-state index contributed by atoms with van der Waals surface area (Å²) in [7, 11) is 1.65. The summed E-state index contributed by atoms with van der Waals surface area (Å²) in [5, 5.41) is 6.67. The number of Topliss-reactive ketones (excluding diaryl/α,β-unsaturated/α-hetero) is 1. The molecule has 3 aromatic carbocycles. The Morgan fingerprint density at radius 3 is 2.50 bits per heavy atom. The van der Waals surface area contributed by atoms with Gasteiger partial charge in [0.05, 0.1) is 18.9 Å². The molecule has 2 atom stereocenters. The van der Waals surface area contributed by atoms with Crippen molar-refractivity contribution >= 4 is 11.5 Å². The van der Waals surface area contributed by atoms with Gasteiger partial charge in [0.25, 0.3) is 6.23 Å². The van der Waals surface area contributed by atoms with Crippen molar-refractivity contribution in [2.75, 3.05) is 7.11 Å². The Balaban J connectivity index is 1.53. The first-order chi connectivity index (χ1) is 14.6. The number of rotatable bonds is 4. The maximum absolute atomic E-state index is 13.3. The highest BCUT2D eigenvalue weighted by atomic mass is 16.5. The largest absolute Gasteiger partial charge is 0.497 e. The molecule has 0 unspecified atom stereocenters. The van der Waals surface area contributed by atoms with Crippen molar-refractivity contribution in [3.8, 4) is 11.5 Å². The molecule has 2 aliphatic heterocycles. The van der Waals surface area contributed by atoms with Crippen molar-refractivity contribution in [2.24, 2.45) is 5.10 Å². The van der Waals surface area contributed by atoms with Crippen molar-refractivity contribution < 1.29 is 14.3 Å². The Morgan fingerprint density at radius 1 is 1.03 bits per heavy atom. The molecule has 5 nitrogen and oxygen atoms in total. The van der Waals surface area contributed by atoms with Crippen LogP contribution in [0, 0.1) is 6.92 Å². The Bertz CT molecular complexity index is 1120. The number of carbonyl (C=O) groups is 1. The van der Waals surface area contributed by atoms with Gasteiger partial charge in [0.15, 0.2) is 0 Å². The third kappa shape index (κ3) is 3.12. The van der Waals surface area contributed by atoms with Crippen LogP contribution >= 0.6 is 0 Å². The van der Waals surface area contributed by atoms with E-state index in [0.717, 1.165) is 33.9 Å². The first-order valence-corrected chi connectivity index (χ1v) is 10.0. The van der Waals surface area contributed by atoms with E-state index in [1.807, 2.05) is 84.7 Å². The van der Waals surface area contributed by atoms with Crippen molar-refractivity contribution in [3.05, 3.63) is 95.1 Å². The molecule has 30 heavy (non-hydrogen) atoms. The number of aryl methyl sites for hydroxylation is 1. The van der Waals surface area contributed by atoms with Gasteiger partial charge in [-0.05, 0) is 42.8 Å². The van der Waals surface area contributed by atoms with Gasteiger partial charge in [-0.25, -0.2) is 5.01 Å². The van der Waals surface area contributed by atoms with Gasteiger partial charge in [0, 0.05) is 17.5 Å². The minimum absolute atomic E-state index is 0.0357. The standard InChI is InChI=1S/C25H22N2O3/c1-16-7-9-18(10-8-16)24(28)25-27-22(20-5-3-4-6-23(20)30-25)15-21(26-27)17-11-13-19(29-2)14-12-17/h3-14,22,25H,15H2,1-2H3/t22-,25-/m0/s1. The number of nitrogens with zero attached hydrogens (tertiary/aromatic N) is 2. The highest BCUT2D eigenvalue weighted by molar-refractivity contribution is 6.03. The van der Waals surface area contributed by atoms with Crippen LogP contribution in [0.3, 0.4) is 0 Å². The lowest BCUT2D eigenvalue weighted by Crippen LogP contribution is -2.45. The van der Waals surface area contributed by atoms with E-state index in [-0.39, 0.29) is 11.8 Å². The van der Waals surface area contributed by atoms with E-state index >= 15 is 0 Å². The molecule has 2 heterocycles. The molecule has 0 bridgehead atoms. The lowest BCUT2D eigenvalue weighted by Gasteiger charge is -2.37. The highest BCUT2D eigenvalue weighted by Crippen LogP contribution is 2.43. The number of para-hydroxylation sites is 1. The predicted octanol–water partition coefficient (Wildman–Crippen LogP) is 4.76. The van der Waals surface area contributed by atoms with E-state index < -0.39 is 6.23 Å². The highest BCUT2D eigenvalue weighted by Gasteiger charge is 2.43. The number of benzene rings is 3. The monoisotopic (exact) mass is 398 g/mol. The Labute approximate surface area is 175 Å². The van der Waals surface area contributed by atoms with Crippen molar-refractivity contribution in [1.82, 2.24) is 5.01 Å².